The fourth-order valence-electron chi connectivity index (χ4n) is 1.99. The summed E-state index contributed by atoms with van der Waals surface area (Å²) in [6.45, 7) is 5.96. The highest BCUT2D eigenvalue weighted by Gasteiger charge is 2.34. The molecule has 1 aromatic carbocycles. The van der Waals surface area contributed by atoms with E-state index in [1.54, 1.807) is 43.0 Å². The Kier molecular flexibility index (Phi) is 4.32. The van der Waals surface area contributed by atoms with Crippen molar-refractivity contribution in [3.05, 3.63) is 29.3 Å². The van der Waals surface area contributed by atoms with Crippen molar-refractivity contribution in [1.82, 2.24) is 4.90 Å². The van der Waals surface area contributed by atoms with E-state index in [1.807, 2.05) is 0 Å². The number of carbonyl (C=O) groups is 1. The van der Waals surface area contributed by atoms with E-state index in [4.69, 9.17) is 21.1 Å². The Morgan fingerprint density at radius 3 is 2.42 bits per heavy atom. The molecule has 1 aliphatic rings. The van der Waals surface area contributed by atoms with E-state index < -0.39 is 5.60 Å². The van der Waals surface area contributed by atoms with E-state index >= 15 is 0 Å². The summed E-state index contributed by atoms with van der Waals surface area (Å²) in [6, 6.07) is 7.01. The first-order chi connectivity index (χ1) is 8.99. The fourth-order valence-corrected chi connectivity index (χ4v) is 2.11. The number of ether oxygens (including phenoxy) is 2. The molecule has 0 spiro atoms. The van der Waals surface area contributed by atoms with Gasteiger partial charge in [-0.3, -0.25) is 4.79 Å². The Balaban J connectivity index is 2.04. The molecule has 0 radical (unpaired) electrons. The molecule has 104 valence electrons. The molecule has 0 aliphatic carbocycles. The molecule has 0 atom stereocenters. The predicted molar refractivity (Wildman–Crippen MR) is 73.6 cm³/mol. The van der Waals surface area contributed by atoms with Crippen molar-refractivity contribution in [2.45, 2.75) is 19.4 Å². The summed E-state index contributed by atoms with van der Waals surface area (Å²) in [5, 5.41) is 0.643. The maximum atomic E-state index is 12.4. The van der Waals surface area contributed by atoms with Gasteiger partial charge in [0.1, 0.15) is 5.75 Å². The first kappa shape index (κ1) is 14.2. The van der Waals surface area contributed by atoms with Crippen LogP contribution in [0.25, 0.3) is 0 Å². The maximum absolute atomic E-state index is 12.4. The molecular weight excluding hydrogens is 266 g/mol. The van der Waals surface area contributed by atoms with Crippen LogP contribution in [-0.2, 0) is 9.53 Å². The summed E-state index contributed by atoms with van der Waals surface area (Å²) in [7, 11) is 0. The Morgan fingerprint density at radius 1 is 1.26 bits per heavy atom. The summed E-state index contributed by atoms with van der Waals surface area (Å²) in [5.41, 5.74) is -0.898. The first-order valence-electron chi connectivity index (χ1n) is 6.31. The summed E-state index contributed by atoms with van der Waals surface area (Å²) in [4.78, 5) is 14.2. The molecule has 2 rings (SSSR count). The first-order valence-corrected chi connectivity index (χ1v) is 6.68. The van der Waals surface area contributed by atoms with Gasteiger partial charge in [0.15, 0.2) is 5.60 Å². The van der Waals surface area contributed by atoms with Crippen molar-refractivity contribution >= 4 is 17.5 Å². The Morgan fingerprint density at radius 2 is 1.84 bits per heavy atom. The molecule has 0 unspecified atom stereocenters. The van der Waals surface area contributed by atoms with Gasteiger partial charge < -0.3 is 14.4 Å². The quantitative estimate of drug-likeness (QED) is 0.855. The van der Waals surface area contributed by atoms with Crippen molar-refractivity contribution in [1.29, 1.82) is 0 Å². The van der Waals surface area contributed by atoms with Gasteiger partial charge in [-0.2, -0.15) is 0 Å². The number of carbonyl (C=O) groups excluding carboxylic acids is 1. The zero-order chi connectivity index (χ0) is 13.9. The number of halogens is 1. The zero-order valence-corrected chi connectivity index (χ0v) is 11.9. The van der Waals surface area contributed by atoms with Crippen LogP contribution in [0.3, 0.4) is 0 Å². The van der Waals surface area contributed by atoms with Crippen LogP contribution in [0.1, 0.15) is 13.8 Å². The highest BCUT2D eigenvalue weighted by Crippen LogP contribution is 2.22. The molecule has 19 heavy (non-hydrogen) atoms. The van der Waals surface area contributed by atoms with Crippen LogP contribution in [0.15, 0.2) is 24.3 Å². The second-order valence-corrected chi connectivity index (χ2v) is 5.41. The minimum Gasteiger partial charge on any atom is -0.478 e. The van der Waals surface area contributed by atoms with E-state index in [9.17, 15) is 4.79 Å². The predicted octanol–water partition coefficient (Wildman–Crippen LogP) is 2.36. The lowest BCUT2D eigenvalue weighted by atomic mass is 10.1. The van der Waals surface area contributed by atoms with Crippen molar-refractivity contribution in [3.63, 3.8) is 0 Å². The smallest absolute Gasteiger partial charge is 0.266 e. The van der Waals surface area contributed by atoms with E-state index in [-0.39, 0.29) is 5.91 Å². The van der Waals surface area contributed by atoms with Crippen LogP contribution in [0, 0.1) is 0 Å². The summed E-state index contributed by atoms with van der Waals surface area (Å²) in [5.74, 6) is 0.613. The molecule has 0 saturated carbocycles. The Hall–Kier alpha value is -1.26. The van der Waals surface area contributed by atoms with Crippen LogP contribution in [0.2, 0.25) is 5.02 Å². The molecule has 1 saturated heterocycles. The molecule has 1 aliphatic heterocycles. The number of amides is 1. The van der Waals surface area contributed by atoms with Crippen molar-refractivity contribution < 1.29 is 14.3 Å². The van der Waals surface area contributed by atoms with Crippen molar-refractivity contribution in [3.8, 4) is 5.75 Å². The van der Waals surface area contributed by atoms with Crippen molar-refractivity contribution in [2.24, 2.45) is 0 Å². The minimum atomic E-state index is -0.898. The van der Waals surface area contributed by atoms with Gasteiger partial charge in [0, 0.05) is 18.1 Å². The second kappa shape index (κ2) is 5.80. The molecule has 1 amide bonds. The van der Waals surface area contributed by atoms with Gasteiger partial charge in [0.05, 0.1) is 13.2 Å². The van der Waals surface area contributed by atoms with E-state index in [0.717, 1.165) is 0 Å². The number of morpholine rings is 1. The third-order valence-corrected chi connectivity index (χ3v) is 3.25. The zero-order valence-electron chi connectivity index (χ0n) is 11.2. The lowest BCUT2D eigenvalue weighted by Gasteiger charge is -2.34. The maximum Gasteiger partial charge on any atom is 0.266 e. The molecule has 1 heterocycles. The molecule has 4 nitrogen and oxygen atoms in total. The standard InChI is InChI=1S/C14H18ClNO3/c1-14(2,13(17)16-7-9-18-10-8-16)19-12-5-3-11(15)4-6-12/h3-6H,7-10H2,1-2H3. The van der Waals surface area contributed by atoms with Crippen LogP contribution in [-0.4, -0.2) is 42.7 Å². The fraction of sp³-hybridized carbons (Fsp3) is 0.500. The van der Waals surface area contributed by atoms with Crippen LogP contribution < -0.4 is 4.74 Å². The van der Waals surface area contributed by atoms with Crippen molar-refractivity contribution in [2.75, 3.05) is 26.3 Å². The third kappa shape index (κ3) is 3.61. The lowest BCUT2D eigenvalue weighted by molar-refractivity contribution is -0.149. The topological polar surface area (TPSA) is 38.8 Å². The molecule has 1 fully saturated rings. The number of benzene rings is 1. The van der Waals surface area contributed by atoms with E-state index in [2.05, 4.69) is 0 Å². The van der Waals surface area contributed by atoms with Gasteiger partial charge in [-0.25, -0.2) is 0 Å². The SMILES string of the molecule is CC(C)(Oc1ccc(Cl)cc1)C(=O)N1CCOCC1. The van der Waals surface area contributed by atoms with E-state index in [1.165, 1.54) is 0 Å². The highest BCUT2D eigenvalue weighted by atomic mass is 35.5. The average molecular weight is 284 g/mol. The van der Waals surface area contributed by atoms with Crippen LogP contribution in [0.5, 0.6) is 5.75 Å². The number of rotatable bonds is 3. The van der Waals surface area contributed by atoms with Gasteiger partial charge >= 0.3 is 0 Å². The molecule has 1 aromatic rings. The van der Waals surface area contributed by atoms with Crippen LogP contribution in [0.4, 0.5) is 0 Å². The monoisotopic (exact) mass is 283 g/mol. The van der Waals surface area contributed by atoms with Gasteiger partial charge in [-0.15, -0.1) is 0 Å². The largest absolute Gasteiger partial charge is 0.478 e. The summed E-state index contributed by atoms with van der Waals surface area (Å²) < 4.78 is 11.0. The number of hydrogen-bond donors (Lipinski definition) is 0. The van der Waals surface area contributed by atoms with Gasteiger partial charge in [0.25, 0.3) is 5.91 Å². The Labute approximate surface area is 118 Å². The summed E-state index contributed by atoms with van der Waals surface area (Å²) in [6.07, 6.45) is 0. The second-order valence-electron chi connectivity index (χ2n) is 4.97. The van der Waals surface area contributed by atoms with Gasteiger partial charge in [-0.05, 0) is 38.1 Å². The van der Waals surface area contributed by atoms with Crippen LogP contribution >= 0.6 is 11.6 Å². The number of nitrogens with zero attached hydrogens (tertiary/aromatic N) is 1. The molecule has 0 bridgehead atoms. The molecular formula is C14H18ClNO3. The van der Waals surface area contributed by atoms with Gasteiger partial charge in [0.2, 0.25) is 0 Å². The van der Waals surface area contributed by atoms with Gasteiger partial charge in [-0.1, -0.05) is 11.6 Å². The normalized spacial score (nSPS) is 16.3. The molecule has 0 N–H and O–H groups in total. The third-order valence-electron chi connectivity index (χ3n) is 3.00. The van der Waals surface area contributed by atoms with E-state index in [0.29, 0.717) is 37.1 Å². The Bertz CT molecular complexity index is 439. The average Bonchev–Trinajstić information content (AvgIpc) is 2.41. The molecule has 5 heteroatoms. The minimum absolute atomic E-state index is 0.0225. The number of hydrogen-bond acceptors (Lipinski definition) is 3. The lowest BCUT2D eigenvalue weighted by Crippen LogP contribution is -2.52. The highest BCUT2D eigenvalue weighted by molar-refractivity contribution is 6.30. The molecule has 0 aromatic heterocycles. The summed E-state index contributed by atoms with van der Waals surface area (Å²) >= 11 is 5.82.